The summed E-state index contributed by atoms with van der Waals surface area (Å²) in [6.07, 6.45) is 0.892. The number of hydrogen-bond donors (Lipinski definition) is 3. The molecule has 2 aromatic carbocycles. The zero-order valence-electron chi connectivity index (χ0n) is 18.5. The van der Waals surface area contributed by atoms with Gasteiger partial charge in [0.1, 0.15) is 0 Å². The summed E-state index contributed by atoms with van der Waals surface area (Å²) in [5.41, 5.74) is 2.85. The lowest BCUT2D eigenvalue weighted by Crippen LogP contribution is -2.33. The Labute approximate surface area is 209 Å². The number of carboxylic acid groups (broad SMARTS) is 1. The number of nitrogens with one attached hydrogen (secondary N) is 1. The fraction of sp³-hybridized carbons (Fsp3) is 0.381. The van der Waals surface area contributed by atoms with Gasteiger partial charge in [-0.05, 0) is 59.7 Å². The standard InChI is InChI=1S/C21H25Cl2N3O6S2/c1-26(21(27)28)20-6-4-14(12-3-5-17(22)18(23)10-12)15-9-13(7-8-34(24,31)32)19(11-16(15)20)25-33(2,29)30/h3,5,9-11,14,20,25H,4,6-8H2,1-2H3,(H,27,28)(H2,24,31,32)/t14-,20-/m0/s1. The highest BCUT2D eigenvalue weighted by molar-refractivity contribution is 7.92. The number of fused-ring (bicyclic) bond motifs is 1. The van der Waals surface area contributed by atoms with Gasteiger partial charge < -0.3 is 10.0 Å². The minimum absolute atomic E-state index is 0.0303. The summed E-state index contributed by atoms with van der Waals surface area (Å²) >= 11 is 12.3. The third kappa shape index (κ3) is 6.33. The Morgan fingerprint density at radius 1 is 1.12 bits per heavy atom. The van der Waals surface area contributed by atoms with Gasteiger partial charge in [0.25, 0.3) is 0 Å². The number of anilines is 1. The van der Waals surface area contributed by atoms with Crippen LogP contribution < -0.4 is 9.86 Å². The fourth-order valence-electron chi connectivity index (χ4n) is 4.27. The predicted octanol–water partition coefficient (Wildman–Crippen LogP) is 3.77. The molecule has 1 aliphatic rings. The summed E-state index contributed by atoms with van der Waals surface area (Å²) in [6, 6.07) is 8.03. The van der Waals surface area contributed by atoms with E-state index in [1.165, 1.54) is 11.9 Å². The van der Waals surface area contributed by atoms with E-state index in [2.05, 4.69) is 4.72 Å². The largest absolute Gasteiger partial charge is 0.465 e. The van der Waals surface area contributed by atoms with Crippen molar-refractivity contribution in [3.63, 3.8) is 0 Å². The number of rotatable bonds is 7. The molecular formula is C21H25Cl2N3O6S2. The van der Waals surface area contributed by atoms with Crippen LogP contribution in [0.1, 0.15) is 47.1 Å². The van der Waals surface area contributed by atoms with E-state index in [-0.39, 0.29) is 23.8 Å². The maximum atomic E-state index is 12.0. The molecule has 1 amide bonds. The molecular weight excluding hydrogens is 525 g/mol. The molecule has 0 unspecified atom stereocenters. The molecule has 0 radical (unpaired) electrons. The molecule has 0 aliphatic heterocycles. The normalized spacial score (nSPS) is 18.3. The number of nitrogens with zero attached hydrogens (tertiary/aromatic N) is 1. The van der Waals surface area contributed by atoms with Crippen LogP contribution in [0.4, 0.5) is 10.5 Å². The number of hydrogen-bond acceptors (Lipinski definition) is 5. The van der Waals surface area contributed by atoms with Crippen LogP contribution >= 0.6 is 23.2 Å². The lowest BCUT2D eigenvalue weighted by Gasteiger charge is -2.37. The highest BCUT2D eigenvalue weighted by atomic mass is 35.5. The van der Waals surface area contributed by atoms with E-state index in [0.717, 1.165) is 17.4 Å². The molecule has 0 spiro atoms. The molecule has 2 aromatic rings. The van der Waals surface area contributed by atoms with Gasteiger partial charge >= 0.3 is 6.09 Å². The molecule has 34 heavy (non-hydrogen) atoms. The van der Waals surface area contributed by atoms with Crippen molar-refractivity contribution in [2.75, 3.05) is 23.8 Å². The van der Waals surface area contributed by atoms with Crippen LogP contribution in [0.5, 0.6) is 0 Å². The monoisotopic (exact) mass is 549 g/mol. The van der Waals surface area contributed by atoms with Gasteiger partial charge in [-0.2, -0.15) is 0 Å². The zero-order chi connectivity index (χ0) is 25.4. The van der Waals surface area contributed by atoms with Crippen LogP contribution in [0.15, 0.2) is 30.3 Å². The maximum absolute atomic E-state index is 12.0. The number of amides is 1. The number of nitrogens with two attached hydrogens (primary N) is 1. The molecule has 9 nitrogen and oxygen atoms in total. The first-order valence-corrected chi connectivity index (χ1v) is 14.6. The summed E-state index contributed by atoms with van der Waals surface area (Å²) in [5, 5.41) is 15.5. The number of sulfonamides is 2. The average Bonchev–Trinajstić information content (AvgIpc) is 2.71. The Morgan fingerprint density at radius 2 is 1.79 bits per heavy atom. The molecule has 1 aliphatic carbocycles. The van der Waals surface area contributed by atoms with Crippen molar-refractivity contribution in [2.45, 2.75) is 31.2 Å². The molecule has 2 atom stereocenters. The van der Waals surface area contributed by atoms with Crippen LogP contribution in [0.3, 0.4) is 0 Å². The van der Waals surface area contributed by atoms with Gasteiger partial charge in [0, 0.05) is 13.0 Å². The summed E-state index contributed by atoms with van der Waals surface area (Å²) in [5.74, 6) is -0.580. The number of primary sulfonamides is 1. The highest BCUT2D eigenvalue weighted by Crippen LogP contribution is 2.46. The van der Waals surface area contributed by atoms with Crippen LogP contribution in [-0.4, -0.2) is 52.0 Å². The van der Waals surface area contributed by atoms with Crippen LogP contribution in [0, 0.1) is 0 Å². The van der Waals surface area contributed by atoms with Crippen LogP contribution in [0.2, 0.25) is 10.0 Å². The third-order valence-electron chi connectivity index (χ3n) is 5.84. The van der Waals surface area contributed by atoms with E-state index in [1.54, 1.807) is 24.3 Å². The number of carbonyl (C=O) groups is 1. The number of halogens is 2. The molecule has 0 bridgehead atoms. The van der Waals surface area contributed by atoms with Crippen molar-refractivity contribution in [1.82, 2.24) is 4.90 Å². The lowest BCUT2D eigenvalue weighted by molar-refractivity contribution is 0.132. The quantitative estimate of drug-likeness (QED) is 0.478. The summed E-state index contributed by atoms with van der Waals surface area (Å²) in [6.45, 7) is 0. The molecule has 0 heterocycles. The summed E-state index contributed by atoms with van der Waals surface area (Å²) in [7, 11) is -6.06. The Morgan fingerprint density at radius 3 is 2.35 bits per heavy atom. The van der Waals surface area contributed by atoms with E-state index < -0.39 is 32.2 Å². The van der Waals surface area contributed by atoms with Gasteiger partial charge in [0.05, 0.1) is 33.8 Å². The van der Waals surface area contributed by atoms with Gasteiger partial charge in [-0.15, -0.1) is 0 Å². The van der Waals surface area contributed by atoms with E-state index >= 15 is 0 Å². The minimum Gasteiger partial charge on any atom is -0.465 e. The molecule has 0 saturated heterocycles. The third-order valence-corrected chi connectivity index (χ3v) is 7.94. The van der Waals surface area contributed by atoms with Crippen molar-refractivity contribution in [2.24, 2.45) is 5.14 Å². The second-order valence-electron chi connectivity index (χ2n) is 8.34. The van der Waals surface area contributed by atoms with E-state index in [4.69, 9.17) is 28.3 Å². The van der Waals surface area contributed by atoms with E-state index in [9.17, 15) is 26.7 Å². The van der Waals surface area contributed by atoms with Gasteiger partial charge in [0.15, 0.2) is 0 Å². The van der Waals surface area contributed by atoms with Crippen LogP contribution in [-0.2, 0) is 26.5 Å². The van der Waals surface area contributed by atoms with Crippen molar-refractivity contribution in [3.05, 3.63) is 62.6 Å². The zero-order valence-corrected chi connectivity index (χ0v) is 21.6. The van der Waals surface area contributed by atoms with E-state index in [0.29, 0.717) is 34.0 Å². The first-order chi connectivity index (χ1) is 15.7. The number of benzene rings is 2. The topological polar surface area (TPSA) is 147 Å². The van der Waals surface area contributed by atoms with Gasteiger partial charge in [-0.3, -0.25) is 4.72 Å². The van der Waals surface area contributed by atoms with E-state index in [1.807, 2.05) is 6.07 Å². The fourth-order valence-corrected chi connectivity index (χ4v) is 5.67. The minimum atomic E-state index is -3.81. The average molecular weight is 550 g/mol. The molecule has 0 aromatic heterocycles. The second kappa shape index (κ2) is 9.90. The van der Waals surface area contributed by atoms with Crippen LogP contribution in [0.25, 0.3) is 0 Å². The summed E-state index contributed by atoms with van der Waals surface area (Å²) < 4.78 is 49.7. The lowest BCUT2D eigenvalue weighted by atomic mass is 9.75. The Bertz CT molecular complexity index is 1330. The summed E-state index contributed by atoms with van der Waals surface area (Å²) in [4.78, 5) is 12.9. The van der Waals surface area contributed by atoms with Crippen molar-refractivity contribution >= 4 is 55.0 Å². The maximum Gasteiger partial charge on any atom is 0.407 e. The Balaban J connectivity index is 2.23. The van der Waals surface area contributed by atoms with Gasteiger partial charge in [0.2, 0.25) is 20.0 Å². The first-order valence-electron chi connectivity index (χ1n) is 10.2. The first kappa shape index (κ1) is 26.6. The second-order valence-corrected chi connectivity index (χ2v) is 12.6. The van der Waals surface area contributed by atoms with Crippen molar-refractivity contribution < 1.29 is 26.7 Å². The molecule has 186 valence electrons. The number of aryl methyl sites for hydroxylation is 1. The molecule has 13 heteroatoms. The molecule has 0 saturated carbocycles. The van der Waals surface area contributed by atoms with Gasteiger partial charge in [-0.25, -0.2) is 26.8 Å². The Kier molecular flexibility index (Phi) is 7.73. The highest BCUT2D eigenvalue weighted by Gasteiger charge is 2.34. The predicted molar refractivity (Wildman–Crippen MR) is 133 cm³/mol. The van der Waals surface area contributed by atoms with Crippen molar-refractivity contribution in [3.8, 4) is 0 Å². The molecule has 4 N–H and O–H groups in total. The smallest absolute Gasteiger partial charge is 0.407 e. The molecule has 0 fully saturated rings. The van der Waals surface area contributed by atoms with Gasteiger partial charge in [-0.1, -0.05) is 35.3 Å². The Hall–Kier alpha value is -2.05. The van der Waals surface area contributed by atoms with Crippen molar-refractivity contribution in [1.29, 1.82) is 0 Å². The molecule has 3 rings (SSSR count). The SMILES string of the molecule is CN(C(=O)O)[C@H]1CC[C@@H](c2ccc(Cl)c(Cl)c2)c2cc(CCS(N)(=O)=O)c(NS(C)(=O)=O)cc21.